The van der Waals surface area contributed by atoms with Gasteiger partial charge in [0.2, 0.25) is 0 Å². The molecule has 0 saturated heterocycles. The van der Waals surface area contributed by atoms with E-state index in [1.165, 1.54) is 11.8 Å². The summed E-state index contributed by atoms with van der Waals surface area (Å²) in [6.45, 7) is 7.95. The molecule has 3 nitrogen and oxygen atoms in total. The molecule has 2 aromatic carbocycles. The van der Waals surface area contributed by atoms with Crippen LogP contribution in [0.5, 0.6) is 0 Å². The third kappa shape index (κ3) is 4.66. The Balaban J connectivity index is 1.98. The third-order valence-corrected chi connectivity index (χ3v) is 3.89. The van der Waals surface area contributed by atoms with Crippen LogP contribution in [0.2, 0.25) is 0 Å². The average molecular weight is 331 g/mol. The standard InChI is InChI=1S/C18H22FN3S/c1-4-22(5-2)16-10-8-14(9-11-16)20-18(23)21-15-7-6-13(3)17(19)12-15/h6-12H,4-5H2,1-3H3,(H2,20,21,23). The van der Waals surface area contributed by atoms with Gasteiger partial charge in [-0.05, 0) is 75.0 Å². The van der Waals surface area contributed by atoms with Crippen LogP contribution in [0, 0.1) is 12.7 Å². The van der Waals surface area contributed by atoms with Gasteiger partial charge in [-0.1, -0.05) is 6.07 Å². The number of aryl methyl sites for hydroxylation is 1. The predicted molar refractivity (Wildman–Crippen MR) is 101 cm³/mol. The van der Waals surface area contributed by atoms with E-state index >= 15 is 0 Å². The first kappa shape index (κ1) is 17.2. The molecule has 23 heavy (non-hydrogen) atoms. The molecule has 5 heteroatoms. The molecule has 0 radical (unpaired) electrons. The molecule has 0 aliphatic heterocycles. The fraction of sp³-hybridized carbons (Fsp3) is 0.278. The number of nitrogens with zero attached hydrogens (tertiary/aromatic N) is 1. The number of halogens is 1. The molecule has 0 aliphatic carbocycles. The van der Waals surface area contributed by atoms with Crippen molar-refractivity contribution in [3.05, 3.63) is 53.8 Å². The Bertz CT molecular complexity index is 666. The molecule has 0 unspecified atom stereocenters. The van der Waals surface area contributed by atoms with Crippen molar-refractivity contribution in [3.63, 3.8) is 0 Å². The highest BCUT2D eigenvalue weighted by atomic mass is 32.1. The second-order valence-electron chi connectivity index (χ2n) is 5.26. The van der Waals surface area contributed by atoms with Crippen LogP contribution in [0.25, 0.3) is 0 Å². The van der Waals surface area contributed by atoms with Gasteiger partial charge in [0.05, 0.1) is 0 Å². The van der Waals surface area contributed by atoms with E-state index in [2.05, 4.69) is 41.5 Å². The van der Waals surface area contributed by atoms with Crippen molar-refractivity contribution in [2.45, 2.75) is 20.8 Å². The van der Waals surface area contributed by atoms with Crippen molar-refractivity contribution in [1.82, 2.24) is 0 Å². The van der Waals surface area contributed by atoms with Crippen molar-refractivity contribution in [1.29, 1.82) is 0 Å². The lowest BCUT2D eigenvalue weighted by molar-refractivity contribution is 0.619. The van der Waals surface area contributed by atoms with E-state index in [4.69, 9.17) is 12.2 Å². The molecule has 0 fully saturated rings. The summed E-state index contributed by atoms with van der Waals surface area (Å²) in [6, 6.07) is 13.0. The van der Waals surface area contributed by atoms with E-state index in [1.807, 2.05) is 12.1 Å². The zero-order chi connectivity index (χ0) is 16.8. The minimum absolute atomic E-state index is 0.249. The molecule has 0 bridgehead atoms. The first-order valence-electron chi connectivity index (χ1n) is 7.72. The zero-order valence-corrected chi connectivity index (χ0v) is 14.5. The number of hydrogen-bond donors (Lipinski definition) is 2. The van der Waals surface area contributed by atoms with Gasteiger partial charge in [-0.2, -0.15) is 0 Å². The quantitative estimate of drug-likeness (QED) is 0.770. The van der Waals surface area contributed by atoms with Gasteiger partial charge < -0.3 is 15.5 Å². The summed E-state index contributed by atoms with van der Waals surface area (Å²) in [7, 11) is 0. The monoisotopic (exact) mass is 331 g/mol. The van der Waals surface area contributed by atoms with Gasteiger partial charge in [0, 0.05) is 30.2 Å². The zero-order valence-electron chi connectivity index (χ0n) is 13.7. The number of nitrogens with one attached hydrogen (secondary N) is 2. The van der Waals surface area contributed by atoms with Crippen LogP contribution in [0.3, 0.4) is 0 Å². The number of hydrogen-bond acceptors (Lipinski definition) is 2. The average Bonchev–Trinajstić information content (AvgIpc) is 2.53. The molecule has 0 spiro atoms. The molecule has 2 aromatic rings. The summed E-state index contributed by atoms with van der Waals surface area (Å²) >= 11 is 5.27. The number of rotatable bonds is 5. The molecule has 0 heterocycles. The van der Waals surface area contributed by atoms with Crippen molar-refractivity contribution in [2.75, 3.05) is 28.6 Å². The normalized spacial score (nSPS) is 10.3. The van der Waals surface area contributed by atoms with Gasteiger partial charge in [0.15, 0.2) is 5.11 Å². The number of anilines is 3. The molecular formula is C18H22FN3S. The molecule has 0 atom stereocenters. The minimum Gasteiger partial charge on any atom is -0.372 e. The summed E-state index contributed by atoms with van der Waals surface area (Å²) in [5.74, 6) is -0.249. The van der Waals surface area contributed by atoms with Gasteiger partial charge >= 0.3 is 0 Å². The van der Waals surface area contributed by atoms with Gasteiger partial charge in [-0.3, -0.25) is 0 Å². The van der Waals surface area contributed by atoms with Gasteiger partial charge in [-0.15, -0.1) is 0 Å². The van der Waals surface area contributed by atoms with E-state index < -0.39 is 0 Å². The van der Waals surface area contributed by atoms with Crippen LogP contribution in [0.4, 0.5) is 21.5 Å². The Kier molecular flexibility index (Phi) is 5.93. The molecular weight excluding hydrogens is 309 g/mol. The Morgan fingerprint density at radius 2 is 1.57 bits per heavy atom. The smallest absolute Gasteiger partial charge is 0.175 e. The molecule has 0 aliphatic rings. The van der Waals surface area contributed by atoms with Crippen molar-refractivity contribution in [2.24, 2.45) is 0 Å². The summed E-state index contributed by atoms with van der Waals surface area (Å²) in [5.41, 5.74) is 3.32. The van der Waals surface area contributed by atoms with E-state index in [-0.39, 0.29) is 5.82 Å². The molecule has 2 rings (SSSR count). The van der Waals surface area contributed by atoms with E-state index in [0.717, 1.165) is 18.8 Å². The highest BCUT2D eigenvalue weighted by Gasteiger charge is 2.04. The van der Waals surface area contributed by atoms with Crippen molar-refractivity contribution < 1.29 is 4.39 Å². The van der Waals surface area contributed by atoms with E-state index in [9.17, 15) is 4.39 Å². The van der Waals surface area contributed by atoms with Crippen LogP contribution in [0.15, 0.2) is 42.5 Å². The topological polar surface area (TPSA) is 27.3 Å². The largest absolute Gasteiger partial charge is 0.372 e. The van der Waals surface area contributed by atoms with Crippen LogP contribution in [-0.4, -0.2) is 18.2 Å². The maximum atomic E-state index is 13.5. The highest BCUT2D eigenvalue weighted by molar-refractivity contribution is 7.80. The predicted octanol–water partition coefficient (Wildman–Crippen LogP) is 4.79. The number of thiocarbonyl (C=S) groups is 1. The molecule has 0 aromatic heterocycles. The van der Waals surface area contributed by atoms with Crippen LogP contribution < -0.4 is 15.5 Å². The highest BCUT2D eigenvalue weighted by Crippen LogP contribution is 2.18. The lowest BCUT2D eigenvalue weighted by Gasteiger charge is -2.21. The summed E-state index contributed by atoms with van der Waals surface area (Å²) in [4.78, 5) is 2.27. The fourth-order valence-corrected chi connectivity index (χ4v) is 2.54. The van der Waals surface area contributed by atoms with Crippen LogP contribution >= 0.6 is 12.2 Å². The van der Waals surface area contributed by atoms with Crippen molar-refractivity contribution in [3.8, 4) is 0 Å². The first-order valence-corrected chi connectivity index (χ1v) is 8.13. The van der Waals surface area contributed by atoms with Crippen LogP contribution in [-0.2, 0) is 0 Å². The van der Waals surface area contributed by atoms with E-state index in [0.29, 0.717) is 16.4 Å². The molecule has 0 amide bonds. The third-order valence-electron chi connectivity index (χ3n) is 3.68. The molecule has 2 N–H and O–H groups in total. The minimum atomic E-state index is -0.249. The SMILES string of the molecule is CCN(CC)c1ccc(NC(=S)Nc2ccc(C)c(F)c2)cc1. The Morgan fingerprint density at radius 3 is 2.13 bits per heavy atom. The second-order valence-corrected chi connectivity index (χ2v) is 5.67. The Labute approximate surface area is 142 Å². The Hall–Kier alpha value is -2.14. The second kappa shape index (κ2) is 7.92. The molecule has 0 saturated carbocycles. The lowest BCUT2D eigenvalue weighted by Crippen LogP contribution is -2.22. The first-order chi connectivity index (χ1) is 11.0. The fourth-order valence-electron chi connectivity index (χ4n) is 2.31. The summed E-state index contributed by atoms with van der Waals surface area (Å²) in [5, 5.41) is 6.53. The maximum absolute atomic E-state index is 13.5. The summed E-state index contributed by atoms with van der Waals surface area (Å²) < 4.78 is 13.5. The van der Waals surface area contributed by atoms with E-state index in [1.54, 1.807) is 19.1 Å². The van der Waals surface area contributed by atoms with Gasteiger partial charge in [-0.25, -0.2) is 4.39 Å². The van der Waals surface area contributed by atoms with Gasteiger partial charge in [0.1, 0.15) is 5.82 Å². The van der Waals surface area contributed by atoms with Crippen molar-refractivity contribution >= 4 is 34.4 Å². The number of benzene rings is 2. The Morgan fingerprint density at radius 1 is 1.00 bits per heavy atom. The summed E-state index contributed by atoms with van der Waals surface area (Å²) in [6.07, 6.45) is 0. The van der Waals surface area contributed by atoms with Crippen LogP contribution in [0.1, 0.15) is 19.4 Å². The molecule has 122 valence electrons. The van der Waals surface area contributed by atoms with Gasteiger partial charge in [0.25, 0.3) is 0 Å². The maximum Gasteiger partial charge on any atom is 0.175 e. The lowest BCUT2D eigenvalue weighted by atomic mass is 10.2.